The van der Waals surface area contributed by atoms with Gasteiger partial charge in [0, 0.05) is 34.5 Å². The summed E-state index contributed by atoms with van der Waals surface area (Å²) in [6.45, 7) is 21.0. The topological polar surface area (TPSA) is 58.5 Å². The lowest BCUT2D eigenvalue weighted by Gasteiger charge is -2.49. The molecule has 0 radical (unpaired) electrons. The summed E-state index contributed by atoms with van der Waals surface area (Å²) in [6, 6.07) is 1.27. The van der Waals surface area contributed by atoms with Crippen LogP contribution in [0.5, 0.6) is 0 Å². The SMILES string of the molecule is C=C1CC[C@@H](N)C12CCN(C(C)(C)C/C=C1\CC(C)[C@@H](N)C13CCN(C(C)C)CC3)CC2. The van der Waals surface area contributed by atoms with Crippen molar-refractivity contribution in [3.05, 3.63) is 23.8 Å². The molecule has 4 rings (SSSR count). The van der Waals surface area contributed by atoms with Gasteiger partial charge >= 0.3 is 0 Å². The Morgan fingerprint density at radius 1 is 1.06 bits per heavy atom. The molecule has 0 aromatic carbocycles. The van der Waals surface area contributed by atoms with E-state index in [1.807, 2.05) is 0 Å². The van der Waals surface area contributed by atoms with Crippen LogP contribution in [0.25, 0.3) is 0 Å². The molecule has 4 heteroatoms. The van der Waals surface area contributed by atoms with Crippen LogP contribution in [0, 0.1) is 16.7 Å². The van der Waals surface area contributed by atoms with E-state index < -0.39 is 0 Å². The van der Waals surface area contributed by atoms with Gasteiger partial charge in [0.1, 0.15) is 0 Å². The average Bonchev–Trinajstić information content (AvgIpc) is 3.16. The summed E-state index contributed by atoms with van der Waals surface area (Å²) < 4.78 is 0. The summed E-state index contributed by atoms with van der Waals surface area (Å²) in [7, 11) is 0. The average molecular weight is 443 g/mol. The number of rotatable bonds is 4. The van der Waals surface area contributed by atoms with Crippen molar-refractivity contribution in [1.29, 1.82) is 0 Å². The summed E-state index contributed by atoms with van der Waals surface area (Å²) >= 11 is 0. The van der Waals surface area contributed by atoms with Crippen molar-refractivity contribution in [2.24, 2.45) is 28.2 Å². The van der Waals surface area contributed by atoms with Crippen molar-refractivity contribution in [2.45, 2.75) is 110 Å². The Morgan fingerprint density at radius 3 is 2.19 bits per heavy atom. The van der Waals surface area contributed by atoms with Crippen molar-refractivity contribution >= 4 is 0 Å². The van der Waals surface area contributed by atoms with E-state index in [1.165, 1.54) is 50.8 Å². The van der Waals surface area contributed by atoms with Gasteiger partial charge in [-0.2, -0.15) is 0 Å². The van der Waals surface area contributed by atoms with Gasteiger partial charge in [-0.15, -0.1) is 0 Å². The first-order valence-electron chi connectivity index (χ1n) is 13.4. The number of hydrogen-bond acceptors (Lipinski definition) is 4. The molecule has 32 heavy (non-hydrogen) atoms. The van der Waals surface area contributed by atoms with E-state index in [0.717, 1.165) is 32.4 Å². The normalized spacial score (nSPS) is 35.1. The molecule has 1 unspecified atom stereocenters. The van der Waals surface area contributed by atoms with Gasteiger partial charge in [-0.05, 0) is 111 Å². The first-order valence-corrected chi connectivity index (χ1v) is 13.4. The van der Waals surface area contributed by atoms with E-state index in [0.29, 0.717) is 24.0 Å². The first-order chi connectivity index (χ1) is 15.0. The van der Waals surface area contributed by atoms with E-state index in [1.54, 1.807) is 5.57 Å². The maximum atomic E-state index is 6.88. The standard InChI is InChI=1S/C28H50N4/c1-20(2)31-15-11-28(12-16-31)23(19-21(3)25(28)30)9-10-26(5,6)32-17-13-27(14-18-32)22(4)7-8-24(27)29/h9,20-21,24-25H,4,7-8,10-19,29-30H2,1-3,5-6H3/b23-9+/t21?,24-,25-/m1/s1. The fourth-order valence-corrected chi connectivity index (χ4v) is 7.67. The van der Waals surface area contributed by atoms with Crippen LogP contribution in [0.2, 0.25) is 0 Å². The van der Waals surface area contributed by atoms with Crippen LogP contribution < -0.4 is 11.5 Å². The second kappa shape index (κ2) is 8.83. The van der Waals surface area contributed by atoms with Crippen LogP contribution in [0.4, 0.5) is 0 Å². The summed E-state index contributed by atoms with van der Waals surface area (Å²) in [5.41, 5.74) is 17.2. The minimum Gasteiger partial charge on any atom is -0.327 e. The zero-order valence-corrected chi connectivity index (χ0v) is 21.6. The van der Waals surface area contributed by atoms with Gasteiger partial charge in [0.05, 0.1) is 0 Å². The molecular formula is C28H50N4. The third-order valence-corrected chi connectivity index (χ3v) is 10.4. The number of piperidine rings is 2. The second-order valence-corrected chi connectivity index (χ2v) is 12.6. The molecule has 2 saturated carbocycles. The van der Waals surface area contributed by atoms with Crippen molar-refractivity contribution in [3.63, 3.8) is 0 Å². The van der Waals surface area contributed by atoms with Crippen molar-refractivity contribution in [1.82, 2.24) is 9.80 Å². The predicted octanol–water partition coefficient (Wildman–Crippen LogP) is 4.70. The van der Waals surface area contributed by atoms with Gasteiger partial charge in [0.2, 0.25) is 0 Å². The molecular weight excluding hydrogens is 392 g/mol. The highest BCUT2D eigenvalue weighted by molar-refractivity contribution is 5.27. The summed E-state index contributed by atoms with van der Waals surface area (Å²) in [6.07, 6.45) is 12.0. The second-order valence-electron chi connectivity index (χ2n) is 12.6. The minimum atomic E-state index is 0.175. The molecule has 2 heterocycles. The van der Waals surface area contributed by atoms with Crippen LogP contribution in [-0.4, -0.2) is 59.6 Å². The number of likely N-dealkylation sites (tertiary alicyclic amines) is 2. The van der Waals surface area contributed by atoms with Gasteiger partial charge in [-0.1, -0.05) is 30.7 Å². The van der Waals surface area contributed by atoms with E-state index in [9.17, 15) is 0 Å². The van der Waals surface area contributed by atoms with Crippen LogP contribution in [0.1, 0.15) is 86.0 Å². The van der Waals surface area contributed by atoms with Crippen LogP contribution in [-0.2, 0) is 0 Å². The molecule has 0 amide bonds. The van der Waals surface area contributed by atoms with Gasteiger partial charge in [0.15, 0.2) is 0 Å². The molecule has 2 spiro atoms. The van der Waals surface area contributed by atoms with Gasteiger partial charge < -0.3 is 16.4 Å². The molecule has 3 atom stereocenters. The maximum Gasteiger partial charge on any atom is 0.0187 e. The fourth-order valence-electron chi connectivity index (χ4n) is 7.67. The number of nitrogens with two attached hydrogens (primary N) is 2. The Balaban J connectivity index is 1.44. The first kappa shape index (κ1) is 24.4. The largest absolute Gasteiger partial charge is 0.327 e. The predicted molar refractivity (Wildman–Crippen MR) is 137 cm³/mol. The van der Waals surface area contributed by atoms with Crippen molar-refractivity contribution < 1.29 is 0 Å². The monoisotopic (exact) mass is 442 g/mol. The third kappa shape index (κ3) is 4.04. The third-order valence-electron chi connectivity index (χ3n) is 10.4. The minimum absolute atomic E-state index is 0.175. The molecule has 182 valence electrons. The Kier molecular flexibility index (Phi) is 6.75. The highest BCUT2D eigenvalue weighted by Gasteiger charge is 2.50. The molecule has 0 aromatic rings. The molecule has 2 aliphatic carbocycles. The summed E-state index contributed by atoms with van der Waals surface area (Å²) in [5.74, 6) is 0.597. The van der Waals surface area contributed by atoms with Crippen LogP contribution >= 0.6 is 0 Å². The molecule has 4 aliphatic rings. The maximum absolute atomic E-state index is 6.88. The Bertz CT molecular complexity index is 720. The molecule has 4 nitrogen and oxygen atoms in total. The fraction of sp³-hybridized carbons (Fsp3) is 0.857. The zero-order chi connectivity index (χ0) is 23.3. The van der Waals surface area contributed by atoms with Crippen molar-refractivity contribution in [2.75, 3.05) is 26.2 Å². The summed E-state index contributed by atoms with van der Waals surface area (Å²) in [5, 5.41) is 0. The lowest BCUT2D eigenvalue weighted by atomic mass is 9.70. The Morgan fingerprint density at radius 2 is 1.66 bits per heavy atom. The van der Waals surface area contributed by atoms with Crippen LogP contribution in [0.3, 0.4) is 0 Å². The number of hydrogen-bond donors (Lipinski definition) is 2. The molecule has 2 aliphatic heterocycles. The summed E-state index contributed by atoms with van der Waals surface area (Å²) in [4.78, 5) is 5.35. The Labute approximate surface area is 197 Å². The van der Waals surface area contributed by atoms with E-state index in [-0.39, 0.29) is 16.4 Å². The van der Waals surface area contributed by atoms with E-state index >= 15 is 0 Å². The van der Waals surface area contributed by atoms with Gasteiger partial charge in [-0.25, -0.2) is 0 Å². The van der Waals surface area contributed by atoms with Crippen LogP contribution in [0.15, 0.2) is 23.8 Å². The smallest absolute Gasteiger partial charge is 0.0187 e. The number of nitrogens with zero attached hydrogens (tertiary/aromatic N) is 2. The van der Waals surface area contributed by atoms with E-state index in [2.05, 4.69) is 57.1 Å². The molecule has 2 saturated heterocycles. The van der Waals surface area contributed by atoms with Crippen molar-refractivity contribution in [3.8, 4) is 0 Å². The lowest BCUT2D eigenvalue weighted by molar-refractivity contribution is 0.0456. The van der Waals surface area contributed by atoms with Gasteiger partial charge in [-0.3, -0.25) is 4.90 Å². The molecule has 0 aromatic heterocycles. The molecule has 4 N–H and O–H groups in total. The molecule has 0 bridgehead atoms. The lowest BCUT2D eigenvalue weighted by Crippen LogP contribution is -2.53. The van der Waals surface area contributed by atoms with Gasteiger partial charge in [0.25, 0.3) is 0 Å². The molecule has 4 fully saturated rings. The van der Waals surface area contributed by atoms with E-state index in [4.69, 9.17) is 11.5 Å². The highest BCUT2D eigenvalue weighted by Crippen LogP contribution is 2.53. The Hall–Kier alpha value is -0.680. The zero-order valence-electron chi connectivity index (χ0n) is 21.6. The highest BCUT2D eigenvalue weighted by atomic mass is 15.2. The quantitative estimate of drug-likeness (QED) is 0.620.